The molecule has 0 radical (unpaired) electrons. The number of nitrogens with one attached hydrogen (secondary N) is 2. The van der Waals surface area contributed by atoms with E-state index in [9.17, 15) is 13.2 Å². The standard InChI is InChI=1S/C18H25N5O3S3/c1-5-10-19-17-21-22-18(28-17)27-12-16(24)20-15-11-14(9-8-13(15)4)29(25,26)23(6-2)7-3/h5,8-9,11H,1,6-7,10,12H2,2-4H3,(H,19,21)(H,20,24). The molecule has 8 nitrogen and oxygen atoms in total. The van der Waals surface area contributed by atoms with Gasteiger partial charge in [0.15, 0.2) is 4.34 Å². The SMILES string of the molecule is C=CCNc1nnc(SCC(=O)Nc2cc(S(=O)(=O)N(CC)CC)ccc2C)s1. The summed E-state index contributed by atoms with van der Waals surface area (Å²) < 4.78 is 27.5. The molecular formula is C18H25N5O3S3. The third kappa shape index (κ3) is 6.26. The quantitative estimate of drug-likeness (QED) is 0.396. The summed E-state index contributed by atoms with van der Waals surface area (Å²) in [5, 5.41) is 14.5. The van der Waals surface area contributed by atoms with Crippen molar-refractivity contribution < 1.29 is 13.2 Å². The molecule has 0 aliphatic rings. The monoisotopic (exact) mass is 455 g/mol. The van der Waals surface area contributed by atoms with Crippen molar-refractivity contribution in [2.24, 2.45) is 0 Å². The third-order valence-electron chi connectivity index (χ3n) is 3.96. The molecular weight excluding hydrogens is 430 g/mol. The van der Waals surface area contributed by atoms with Gasteiger partial charge < -0.3 is 10.6 Å². The molecule has 0 aliphatic carbocycles. The molecule has 2 N–H and O–H groups in total. The first-order valence-electron chi connectivity index (χ1n) is 9.03. The topological polar surface area (TPSA) is 104 Å². The molecule has 1 amide bonds. The lowest BCUT2D eigenvalue weighted by atomic mass is 10.2. The number of nitrogens with zero attached hydrogens (tertiary/aromatic N) is 3. The van der Waals surface area contributed by atoms with Crippen molar-refractivity contribution in [3.63, 3.8) is 0 Å². The lowest BCUT2D eigenvalue weighted by Gasteiger charge is -2.19. The van der Waals surface area contributed by atoms with E-state index in [1.807, 2.05) is 6.92 Å². The Balaban J connectivity index is 2.04. The molecule has 0 bridgehead atoms. The molecule has 1 aromatic carbocycles. The molecule has 2 aromatic rings. The van der Waals surface area contributed by atoms with Crippen LogP contribution in [0.1, 0.15) is 19.4 Å². The van der Waals surface area contributed by atoms with Crippen LogP contribution in [0.2, 0.25) is 0 Å². The number of amides is 1. The molecule has 1 aromatic heterocycles. The Morgan fingerprint density at radius 3 is 2.69 bits per heavy atom. The van der Waals surface area contributed by atoms with E-state index in [0.29, 0.717) is 34.8 Å². The molecule has 1 heterocycles. The summed E-state index contributed by atoms with van der Waals surface area (Å²) in [5.41, 5.74) is 1.27. The van der Waals surface area contributed by atoms with Crippen LogP contribution in [0.15, 0.2) is 40.1 Å². The molecule has 2 rings (SSSR count). The minimum absolute atomic E-state index is 0.141. The molecule has 0 fully saturated rings. The summed E-state index contributed by atoms with van der Waals surface area (Å²) >= 11 is 2.63. The fraction of sp³-hybridized carbons (Fsp3) is 0.389. The van der Waals surface area contributed by atoms with Crippen molar-refractivity contribution in [2.45, 2.75) is 30.0 Å². The number of thioether (sulfide) groups is 1. The van der Waals surface area contributed by atoms with Crippen LogP contribution in [0.4, 0.5) is 10.8 Å². The van der Waals surface area contributed by atoms with Gasteiger partial charge in [-0.05, 0) is 24.6 Å². The maximum atomic E-state index is 12.7. The van der Waals surface area contributed by atoms with Crippen molar-refractivity contribution >= 4 is 49.8 Å². The number of hydrogen-bond acceptors (Lipinski definition) is 8. The van der Waals surface area contributed by atoms with Gasteiger partial charge >= 0.3 is 0 Å². The van der Waals surface area contributed by atoms with Crippen LogP contribution < -0.4 is 10.6 Å². The smallest absolute Gasteiger partial charge is 0.243 e. The fourth-order valence-electron chi connectivity index (χ4n) is 2.42. The second kappa shape index (κ2) is 10.7. The van der Waals surface area contributed by atoms with Crippen LogP contribution in [0.3, 0.4) is 0 Å². The minimum Gasteiger partial charge on any atom is -0.357 e. The van der Waals surface area contributed by atoms with E-state index in [-0.39, 0.29) is 16.6 Å². The van der Waals surface area contributed by atoms with Gasteiger partial charge in [-0.2, -0.15) is 4.31 Å². The maximum absolute atomic E-state index is 12.7. The second-order valence-corrected chi connectivity index (χ2v) is 10.1. The van der Waals surface area contributed by atoms with Gasteiger partial charge in [-0.15, -0.1) is 16.8 Å². The van der Waals surface area contributed by atoms with Gasteiger partial charge in [-0.3, -0.25) is 4.79 Å². The van der Waals surface area contributed by atoms with E-state index in [4.69, 9.17) is 0 Å². The number of carbonyl (C=O) groups is 1. The maximum Gasteiger partial charge on any atom is 0.243 e. The Kier molecular flexibility index (Phi) is 8.62. The van der Waals surface area contributed by atoms with Crippen LogP contribution in [0.25, 0.3) is 0 Å². The van der Waals surface area contributed by atoms with Gasteiger partial charge in [0.05, 0.1) is 10.6 Å². The first-order chi connectivity index (χ1) is 13.8. The van der Waals surface area contributed by atoms with E-state index in [0.717, 1.165) is 5.56 Å². The van der Waals surface area contributed by atoms with Gasteiger partial charge in [0.1, 0.15) is 0 Å². The predicted molar refractivity (Wildman–Crippen MR) is 119 cm³/mol. The van der Waals surface area contributed by atoms with Crippen LogP contribution in [0, 0.1) is 6.92 Å². The summed E-state index contributed by atoms with van der Waals surface area (Å²) in [4.78, 5) is 12.5. The number of sulfonamides is 1. The Labute approximate surface area is 179 Å². The first-order valence-corrected chi connectivity index (χ1v) is 12.3. The highest BCUT2D eigenvalue weighted by atomic mass is 32.2. The summed E-state index contributed by atoms with van der Waals surface area (Å²) in [5.74, 6) is -0.103. The van der Waals surface area contributed by atoms with Crippen molar-refractivity contribution in [1.82, 2.24) is 14.5 Å². The van der Waals surface area contributed by atoms with E-state index >= 15 is 0 Å². The highest BCUT2D eigenvalue weighted by molar-refractivity contribution is 8.01. The number of hydrogen-bond donors (Lipinski definition) is 2. The van der Waals surface area contributed by atoms with Gasteiger partial charge in [0.2, 0.25) is 21.1 Å². The van der Waals surface area contributed by atoms with Crippen molar-refractivity contribution in [2.75, 3.05) is 36.0 Å². The van der Waals surface area contributed by atoms with Gasteiger partial charge in [-0.25, -0.2) is 8.42 Å². The average molecular weight is 456 g/mol. The fourth-order valence-corrected chi connectivity index (χ4v) is 5.46. The highest BCUT2D eigenvalue weighted by Crippen LogP contribution is 2.26. The van der Waals surface area contributed by atoms with Gasteiger partial charge in [-0.1, -0.05) is 49.1 Å². The molecule has 0 aliphatic heterocycles. The summed E-state index contributed by atoms with van der Waals surface area (Å²) in [7, 11) is -3.59. The van der Waals surface area contributed by atoms with Crippen LogP contribution in [-0.2, 0) is 14.8 Å². The summed E-state index contributed by atoms with van der Waals surface area (Å²) in [6.45, 7) is 10.4. The number of rotatable bonds is 11. The molecule has 0 atom stereocenters. The van der Waals surface area contributed by atoms with Crippen LogP contribution in [-0.4, -0.2) is 54.2 Å². The lowest BCUT2D eigenvalue weighted by Crippen LogP contribution is -2.30. The van der Waals surface area contributed by atoms with Crippen molar-refractivity contribution in [3.8, 4) is 0 Å². The second-order valence-electron chi connectivity index (χ2n) is 5.95. The Bertz CT molecular complexity index is 955. The van der Waals surface area contributed by atoms with Crippen LogP contribution >= 0.6 is 23.1 Å². The number of carbonyl (C=O) groups excluding carboxylic acids is 1. The van der Waals surface area contributed by atoms with Crippen molar-refractivity contribution in [1.29, 1.82) is 0 Å². The molecule has 0 saturated carbocycles. The molecule has 0 unspecified atom stereocenters. The Morgan fingerprint density at radius 1 is 1.31 bits per heavy atom. The first kappa shape index (κ1) is 23.3. The molecule has 11 heteroatoms. The van der Waals surface area contributed by atoms with Crippen molar-refractivity contribution in [3.05, 3.63) is 36.4 Å². The Hall–Kier alpha value is -1.95. The normalized spacial score (nSPS) is 11.4. The number of benzene rings is 1. The minimum atomic E-state index is -3.59. The molecule has 158 valence electrons. The zero-order chi connectivity index (χ0) is 21.4. The molecule has 0 spiro atoms. The molecule has 29 heavy (non-hydrogen) atoms. The zero-order valence-corrected chi connectivity index (χ0v) is 19.1. The van der Waals surface area contributed by atoms with E-state index in [1.165, 1.54) is 33.5 Å². The summed E-state index contributed by atoms with van der Waals surface area (Å²) in [6, 6.07) is 4.77. The van der Waals surface area contributed by atoms with E-state index in [1.54, 1.807) is 32.1 Å². The van der Waals surface area contributed by atoms with E-state index in [2.05, 4.69) is 27.4 Å². The highest BCUT2D eigenvalue weighted by Gasteiger charge is 2.22. The predicted octanol–water partition coefficient (Wildman–Crippen LogP) is 3.21. The molecule has 0 saturated heterocycles. The average Bonchev–Trinajstić information content (AvgIpc) is 3.15. The third-order valence-corrected chi connectivity index (χ3v) is 8.02. The van der Waals surface area contributed by atoms with Gasteiger partial charge in [0, 0.05) is 25.3 Å². The van der Waals surface area contributed by atoms with E-state index < -0.39 is 10.0 Å². The summed E-state index contributed by atoms with van der Waals surface area (Å²) in [6.07, 6.45) is 1.72. The Morgan fingerprint density at radius 2 is 2.03 bits per heavy atom. The number of aromatic nitrogens is 2. The number of aryl methyl sites for hydroxylation is 1. The number of anilines is 2. The van der Waals surface area contributed by atoms with Crippen LogP contribution in [0.5, 0.6) is 0 Å². The largest absolute Gasteiger partial charge is 0.357 e. The zero-order valence-electron chi connectivity index (χ0n) is 16.6. The van der Waals surface area contributed by atoms with Gasteiger partial charge in [0.25, 0.3) is 0 Å². The lowest BCUT2D eigenvalue weighted by molar-refractivity contribution is -0.113.